The van der Waals surface area contributed by atoms with Gasteiger partial charge in [0.1, 0.15) is 13.2 Å². The van der Waals surface area contributed by atoms with Crippen molar-refractivity contribution < 1.29 is 14.3 Å². The molecule has 0 aliphatic carbocycles. The lowest BCUT2D eigenvalue weighted by atomic mass is 10.2. The summed E-state index contributed by atoms with van der Waals surface area (Å²) in [5.74, 6) is 1.35. The van der Waals surface area contributed by atoms with Crippen molar-refractivity contribution in [3.8, 4) is 11.5 Å². The van der Waals surface area contributed by atoms with Crippen molar-refractivity contribution >= 4 is 27.6 Å². The van der Waals surface area contributed by atoms with Crippen molar-refractivity contribution in [1.29, 1.82) is 0 Å². The molecule has 0 saturated heterocycles. The molecule has 1 N–H and O–H groups in total. The lowest BCUT2D eigenvalue weighted by molar-refractivity contribution is 0.171. The van der Waals surface area contributed by atoms with Crippen LogP contribution in [0.1, 0.15) is 13.8 Å². The van der Waals surface area contributed by atoms with Crippen LogP contribution in [0.15, 0.2) is 16.6 Å². The van der Waals surface area contributed by atoms with Crippen LogP contribution in [0.3, 0.4) is 0 Å². The number of anilines is 1. The predicted octanol–water partition coefficient (Wildman–Crippen LogP) is 3.09. The molecule has 0 saturated carbocycles. The van der Waals surface area contributed by atoms with Crippen LogP contribution in [0, 0.1) is 0 Å². The molecule has 1 aromatic rings. The SMILES string of the molecule is CCN(CC)C(=O)Nc1cc2c(cc1Br)OCCO2. The van der Waals surface area contributed by atoms with Crippen molar-refractivity contribution in [3.05, 3.63) is 16.6 Å². The van der Waals surface area contributed by atoms with Crippen LogP contribution in [0.4, 0.5) is 10.5 Å². The predicted molar refractivity (Wildman–Crippen MR) is 77.1 cm³/mol. The first-order valence-electron chi connectivity index (χ1n) is 6.30. The molecular weight excluding hydrogens is 312 g/mol. The molecule has 1 heterocycles. The molecule has 104 valence electrons. The fraction of sp³-hybridized carbons (Fsp3) is 0.462. The second-order valence-corrected chi connectivity index (χ2v) is 4.93. The molecule has 6 heteroatoms. The molecule has 19 heavy (non-hydrogen) atoms. The highest BCUT2D eigenvalue weighted by Gasteiger charge is 2.17. The van der Waals surface area contributed by atoms with Gasteiger partial charge < -0.3 is 19.7 Å². The Morgan fingerprint density at radius 3 is 2.42 bits per heavy atom. The van der Waals surface area contributed by atoms with E-state index in [0.717, 1.165) is 4.47 Å². The van der Waals surface area contributed by atoms with Gasteiger partial charge in [0.05, 0.1) is 5.69 Å². The summed E-state index contributed by atoms with van der Waals surface area (Å²) >= 11 is 3.43. The standard InChI is InChI=1S/C13H17BrN2O3/c1-3-16(4-2)13(17)15-10-8-12-11(7-9(10)14)18-5-6-19-12/h7-8H,3-6H2,1-2H3,(H,15,17). The minimum absolute atomic E-state index is 0.123. The molecule has 0 spiro atoms. The van der Waals surface area contributed by atoms with E-state index in [2.05, 4.69) is 21.2 Å². The van der Waals surface area contributed by atoms with Crippen LogP contribution < -0.4 is 14.8 Å². The van der Waals surface area contributed by atoms with E-state index in [9.17, 15) is 4.79 Å². The largest absolute Gasteiger partial charge is 0.486 e. The molecule has 0 radical (unpaired) electrons. The van der Waals surface area contributed by atoms with Gasteiger partial charge in [0.2, 0.25) is 0 Å². The number of urea groups is 1. The maximum absolute atomic E-state index is 12.0. The van der Waals surface area contributed by atoms with E-state index >= 15 is 0 Å². The Kier molecular flexibility index (Phi) is 4.52. The summed E-state index contributed by atoms with van der Waals surface area (Å²) in [4.78, 5) is 13.7. The highest BCUT2D eigenvalue weighted by molar-refractivity contribution is 9.10. The zero-order chi connectivity index (χ0) is 13.8. The summed E-state index contributed by atoms with van der Waals surface area (Å²) in [6.45, 7) is 6.31. The minimum atomic E-state index is -0.123. The Morgan fingerprint density at radius 2 is 1.84 bits per heavy atom. The Balaban J connectivity index is 2.18. The van der Waals surface area contributed by atoms with Crippen LogP contribution in [-0.4, -0.2) is 37.2 Å². The number of amides is 2. The maximum atomic E-state index is 12.0. The fourth-order valence-electron chi connectivity index (χ4n) is 1.86. The molecule has 5 nitrogen and oxygen atoms in total. The van der Waals surface area contributed by atoms with Gasteiger partial charge >= 0.3 is 6.03 Å². The maximum Gasteiger partial charge on any atom is 0.321 e. The minimum Gasteiger partial charge on any atom is -0.486 e. The molecule has 0 aromatic heterocycles. The van der Waals surface area contributed by atoms with Crippen molar-refractivity contribution in [1.82, 2.24) is 4.90 Å². The Hall–Kier alpha value is -1.43. The third kappa shape index (κ3) is 3.12. The second-order valence-electron chi connectivity index (χ2n) is 4.08. The third-order valence-electron chi connectivity index (χ3n) is 2.92. The number of halogens is 1. The lowest BCUT2D eigenvalue weighted by Crippen LogP contribution is -2.34. The van der Waals surface area contributed by atoms with Gasteiger partial charge in [-0.25, -0.2) is 4.79 Å². The fourth-order valence-corrected chi connectivity index (χ4v) is 2.29. The van der Waals surface area contributed by atoms with E-state index in [1.807, 2.05) is 19.9 Å². The Labute approximate surface area is 121 Å². The quantitative estimate of drug-likeness (QED) is 0.927. The molecule has 2 amide bonds. The van der Waals surface area contributed by atoms with Gasteiger partial charge in [0.25, 0.3) is 0 Å². The van der Waals surface area contributed by atoms with Gasteiger partial charge in [-0.05, 0) is 29.8 Å². The number of ether oxygens (including phenoxy) is 2. The van der Waals surface area contributed by atoms with Crippen LogP contribution in [0.2, 0.25) is 0 Å². The van der Waals surface area contributed by atoms with Crippen LogP contribution >= 0.6 is 15.9 Å². The number of hydrogen-bond donors (Lipinski definition) is 1. The summed E-state index contributed by atoms with van der Waals surface area (Å²) in [5, 5.41) is 2.87. The molecule has 0 fully saturated rings. The van der Waals surface area contributed by atoms with Gasteiger partial charge in [-0.2, -0.15) is 0 Å². The highest BCUT2D eigenvalue weighted by Crippen LogP contribution is 2.38. The lowest BCUT2D eigenvalue weighted by Gasteiger charge is -2.22. The van der Waals surface area contributed by atoms with Crippen molar-refractivity contribution in [2.24, 2.45) is 0 Å². The van der Waals surface area contributed by atoms with Crippen molar-refractivity contribution in [3.63, 3.8) is 0 Å². The number of carbonyl (C=O) groups is 1. The first-order chi connectivity index (χ1) is 9.15. The van der Waals surface area contributed by atoms with Gasteiger partial charge in [-0.3, -0.25) is 0 Å². The number of nitrogens with zero attached hydrogens (tertiary/aromatic N) is 1. The first-order valence-corrected chi connectivity index (χ1v) is 7.10. The summed E-state index contributed by atoms with van der Waals surface area (Å²) in [7, 11) is 0. The molecule has 0 atom stereocenters. The molecule has 2 rings (SSSR count). The topological polar surface area (TPSA) is 50.8 Å². The summed E-state index contributed by atoms with van der Waals surface area (Å²) in [5.41, 5.74) is 0.682. The summed E-state index contributed by atoms with van der Waals surface area (Å²) in [6, 6.07) is 3.47. The average molecular weight is 329 g/mol. The molecule has 0 bridgehead atoms. The van der Waals surface area contributed by atoms with Crippen LogP contribution in [-0.2, 0) is 0 Å². The van der Waals surface area contributed by atoms with E-state index in [1.165, 1.54) is 0 Å². The Morgan fingerprint density at radius 1 is 1.26 bits per heavy atom. The number of hydrogen-bond acceptors (Lipinski definition) is 3. The monoisotopic (exact) mass is 328 g/mol. The number of carbonyl (C=O) groups excluding carboxylic acids is 1. The number of nitrogens with one attached hydrogen (secondary N) is 1. The van der Waals surface area contributed by atoms with Gasteiger partial charge in [-0.15, -0.1) is 0 Å². The van der Waals surface area contributed by atoms with Crippen molar-refractivity contribution in [2.45, 2.75) is 13.8 Å². The average Bonchev–Trinajstić information content (AvgIpc) is 2.41. The van der Waals surface area contributed by atoms with E-state index in [-0.39, 0.29) is 6.03 Å². The van der Waals surface area contributed by atoms with Crippen LogP contribution in [0.25, 0.3) is 0 Å². The molecule has 1 aliphatic rings. The van der Waals surface area contributed by atoms with Gasteiger partial charge in [0, 0.05) is 29.7 Å². The molecular formula is C13H17BrN2O3. The number of fused-ring (bicyclic) bond motifs is 1. The van der Waals surface area contributed by atoms with E-state index < -0.39 is 0 Å². The van der Waals surface area contributed by atoms with E-state index in [4.69, 9.17) is 9.47 Å². The second kappa shape index (κ2) is 6.14. The highest BCUT2D eigenvalue weighted by atomic mass is 79.9. The number of rotatable bonds is 3. The summed E-state index contributed by atoms with van der Waals surface area (Å²) in [6.07, 6.45) is 0. The van der Waals surface area contributed by atoms with Crippen LogP contribution in [0.5, 0.6) is 11.5 Å². The first kappa shape index (κ1) is 14.0. The van der Waals surface area contributed by atoms with Crippen molar-refractivity contribution in [2.75, 3.05) is 31.6 Å². The van der Waals surface area contributed by atoms with Gasteiger partial charge in [-0.1, -0.05) is 0 Å². The van der Waals surface area contributed by atoms with Gasteiger partial charge in [0.15, 0.2) is 11.5 Å². The van der Waals surface area contributed by atoms with E-state index in [0.29, 0.717) is 43.5 Å². The zero-order valence-electron chi connectivity index (χ0n) is 11.0. The number of benzene rings is 1. The summed E-state index contributed by atoms with van der Waals surface area (Å²) < 4.78 is 11.8. The zero-order valence-corrected chi connectivity index (χ0v) is 12.6. The molecule has 1 aromatic carbocycles. The normalized spacial score (nSPS) is 13.0. The van der Waals surface area contributed by atoms with E-state index in [1.54, 1.807) is 11.0 Å². The molecule has 1 aliphatic heterocycles. The Bertz CT molecular complexity index is 475. The smallest absolute Gasteiger partial charge is 0.321 e. The third-order valence-corrected chi connectivity index (χ3v) is 3.58. The molecule has 0 unspecified atom stereocenters.